The van der Waals surface area contributed by atoms with E-state index in [0.717, 1.165) is 0 Å². The summed E-state index contributed by atoms with van der Waals surface area (Å²) in [6.45, 7) is 5.69. The highest BCUT2D eigenvalue weighted by molar-refractivity contribution is 7.20. The molecular formula is C15H19N3O4S. The van der Waals surface area contributed by atoms with E-state index < -0.39 is 18.0 Å². The normalized spacial score (nSPS) is 12.4. The quantitative estimate of drug-likeness (QED) is 0.781. The van der Waals surface area contributed by atoms with Gasteiger partial charge in [0.1, 0.15) is 27.9 Å². The molecule has 0 radical (unpaired) electrons. The van der Waals surface area contributed by atoms with E-state index in [1.54, 1.807) is 6.92 Å². The van der Waals surface area contributed by atoms with Gasteiger partial charge in [0.05, 0.1) is 12.5 Å². The minimum atomic E-state index is -0.938. The van der Waals surface area contributed by atoms with Gasteiger partial charge >= 0.3 is 11.9 Å². The topological polar surface area (TPSA) is 101 Å². The predicted octanol–water partition coefficient (Wildman–Crippen LogP) is 2.70. The molecule has 0 aliphatic rings. The molecule has 0 saturated heterocycles. The summed E-state index contributed by atoms with van der Waals surface area (Å²) in [5.74, 6) is -0.734. The second kappa shape index (κ2) is 6.91. The molecule has 0 saturated carbocycles. The van der Waals surface area contributed by atoms with Gasteiger partial charge in [-0.15, -0.1) is 11.3 Å². The lowest BCUT2D eigenvalue weighted by Crippen LogP contribution is -2.31. The van der Waals surface area contributed by atoms with Crippen molar-refractivity contribution in [3.63, 3.8) is 0 Å². The lowest BCUT2D eigenvalue weighted by molar-refractivity contribution is -0.138. The summed E-state index contributed by atoms with van der Waals surface area (Å²) in [6.07, 6.45) is 1.82. The average molecular weight is 337 g/mol. The van der Waals surface area contributed by atoms with Crippen LogP contribution in [0.4, 0.5) is 5.82 Å². The van der Waals surface area contributed by atoms with Crippen LogP contribution in [0, 0.1) is 12.8 Å². The number of thiophene rings is 1. The first kappa shape index (κ1) is 17.1. The van der Waals surface area contributed by atoms with Crippen molar-refractivity contribution in [3.05, 3.63) is 16.8 Å². The summed E-state index contributed by atoms with van der Waals surface area (Å²) >= 11 is 1.21. The minimum absolute atomic E-state index is 0.218. The highest BCUT2D eigenvalue weighted by Gasteiger charge is 2.24. The Morgan fingerprint density at radius 3 is 2.65 bits per heavy atom. The number of carboxylic acids is 1. The van der Waals surface area contributed by atoms with E-state index in [1.165, 1.54) is 24.8 Å². The largest absolute Gasteiger partial charge is 0.480 e. The third-order valence-corrected chi connectivity index (χ3v) is 4.59. The summed E-state index contributed by atoms with van der Waals surface area (Å²) in [6, 6.07) is -0.756. The Balaban J connectivity index is 2.46. The van der Waals surface area contributed by atoms with E-state index >= 15 is 0 Å². The molecule has 2 aromatic heterocycles. The van der Waals surface area contributed by atoms with Crippen molar-refractivity contribution >= 4 is 39.3 Å². The van der Waals surface area contributed by atoms with E-state index in [2.05, 4.69) is 15.3 Å². The molecular weight excluding hydrogens is 318 g/mol. The first-order chi connectivity index (χ1) is 10.8. The molecule has 8 heteroatoms. The maximum absolute atomic E-state index is 11.8. The Kier molecular flexibility index (Phi) is 5.15. The predicted molar refractivity (Wildman–Crippen MR) is 88.0 cm³/mol. The molecule has 23 heavy (non-hydrogen) atoms. The maximum atomic E-state index is 11.8. The summed E-state index contributed by atoms with van der Waals surface area (Å²) < 4.78 is 4.77. The smallest absolute Gasteiger partial charge is 0.348 e. The number of methoxy groups -OCH3 is 1. The van der Waals surface area contributed by atoms with Gasteiger partial charge in [-0.1, -0.05) is 13.8 Å². The number of nitrogens with one attached hydrogen (secondary N) is 1. The van der Waals surface area contributed by atoms with Gasteiger partial charge in [-0.05, 0) is 24.8 Å². The van der Waals surface area contributed by atoms with Gasteiger partial charge in [-0.2, -0.15) is 0 Å². The number of anilines is 1. The number of carbonyl (C=O) groups excluding carboxylic acids is 1. The number of carbonyl (C=O) groups is 2. The molecule has 1 atom stereocenters. The van der Waals surface area contributed by atoms with E-state index in [-0.39, 0.29) is 5.92 Å². The van der Waals surface area contributed by atoms with Crippen LogP contribution in [-0.4, -0.2) is 40.2 Å². The highest BCUT2D eigenvalue weighted by Crippen LogP contribution is 2.34. The molecule has 7 nitrogen and oxygen atoms in total. The fraction of sp³-hybridized carbons (Fsp3) is 0.467. The van der Waals surface area contributed by atoms with Crippen LogP contribution in [0.1, 0.15) is 35.5 Å². The second-order valence-electron chi connectivity index (χ2n) is 5.61. The Bertz CT molecular complexity index is 742. The summed E-state index contributed by atoms with van der Waals surface area (Å²) in [5, 5.41) is 13.0. The van der Waals surface area contributed by atoms with Crippen LogP contribution in [0.25, 0.3) is 10.2 Å². The molecule has 0 fully saturated rings. The zero-order chi connectivity index (χ0) is 17.1. The fourth-order valence-electron chi connectivity index (χ4n) is 2.33. The summed E-state index contributed by atoms with van der Waals surface area (Å²) in [4.78, 5) is 32.7. The van der Waals surface area contributed by atoms with E-state index in [1.807, 2.05) is 13.8 Å². The maximum Gasteiger partial charge on any atom is 0.348 e. The number of hydrogen-bond donors (Lipinski definition) is 2. The first-order valence-corrected chi connectivity index (χ1v) is 7.98. The fourth-order valence-corrected chi connectivity index (χ4v) is 3.39. The Labute approximate surface area is 137 Å². The van der Waals surface area contributed by atoms with Gasteiger partial charge in [0, 0.05) is 0 Å². The van der Waals surface area contributed by atoms with Crippen molar-refractivity contribution < 1.29 is 19.4 Å². The van der Waals surface area contributed by atoms with Crippen molar-refractivity contribution in [2.24, 2.45) is 5.92 Å². The van der Waals surface area contributed by atoms with E-state index in [4.69, 9.17) is 4.74 Å². The van der Waals surface area contributed by atoms with Gasteiger partial charge in [-0.3, -0.25) is 0 Å². The number of rotatable bonds is 6. The van der Waals surface area contributed by atoms with Crippen LogP contribution >= 0.6 is 11.3 Å². The number of nitrogens with zero attached hydrogens (tertiary/aromatic N) is 2. The van der Waals surface area contributed by atoms with Crippen molar-refractivity contribution in [3.8, 4) is 0 Å². The van der Waals surface area contributed by atoms with Crippen molar-refractivity contribution in [2.45, 2.75) is 33.2 Å². The van der Waals surface area contributed by atoms with E-state index in [9.17, 15) is 14.7 Å². The first-order valence-electron chi connectivity index (χ1n) is 7.16. The van der Waals surface area contributed by atoms with Gasteiger partial charge in [0.25, 0.3) is 0 Å². The third-order valence-electron chi connectivity index (χ3n) is 3.41. The van der Waals surface area contributed by atoms with Crippen LogP contribution in [0.15, 0.2) is 6.33 Å². The molecule has 124 valence electrons. The van der Waals surface area contributed by atoms with Crippen LogP contribution in [0.3, 0.4) is 0 Å². The second-order valence-corrected chi connectivity index (χ2v) is 6.61. The van der Waals surface area contributed by atoms with Crippen LogP contribution in [-0.2, 0) is 9.53 Å². The monoisotopic (exact) mass is 337 g/mol. The van der Waals surface area contributed by atoms with Crippen LogP contribution in [0.5, 0.6) is 0 Å². The molecule has 0 aromatic carbocycles. The van der Waals surface area contributed by atoms with Crippen LogP contribution in [0.2, 0.25) is 0 Å². The third kappa shape index (κ3) is 3.58. The molecule has 0 amide bonds. The SMILES string of the molecule is COC(=O)c1sc2ncnc(NC(CC(C)C)C(=O)O)c2c1C. The number of ether oxygens (including phenoxy) is 1. The molecule has 0 bridgehead atoms. The number of aliphatic carboxylic acids is 1. The Morgan fingerprint density at radius 1 is 1.39 bits per heavy atom. The molecule has 2 aromatic rings. The van der Waals surface area contributed by atoms with Gasteiger partial charge in [0.15, 0.2) is 0 Å². The molecule has 0 spiro atoms. The number of hydrogen-bond acceptors (Lipinski definition) is 7. The molecule has 2 rings (SSSR count). The number of esters is 1. The number of aromatic nitrogens is 2. The number of carboxylic acid groups (broad SMARTS) is 1. The van der Waals surface area contributed by atoms with Crippen molar-refractivity contribution in [2.75, 3.05) is 12.4 Å². The molecule has 0 aliphatic carbocycles. The molecule has 2 N–H and O–H groups in total. The molecule has 1 unspecified atom stereocenters. The minimum Gasteiger partial charge on any atom is -0.480 e. The van der Waals surface area contributed by atoms with E-state index in [0.29, 0.717) is 32.9 Å². The zero-order valence-electron chi connectivity index (χ0n) is 13.4. The summed E-state index contributed by atoms with van der Waals surface area (Å²) in [7, 11) is 1.32. The van der Waals surface area contributed by atoms with Crippen molar-refractivity contribution in [1.82, 2.24) is 9.97 Å². The lowest BCUT2D eigenvalue weighted by Gasteiger charge is -2.17. The van der Waals surface area contributed by atoms with Gasteiger partial charge < -0.3 is 15.2 Å². The Hall–Kier alpha value is -2.22. The lowest BCUT2D eigenvalue weighted by atomic mass is 10.0. The number of aryl methyl sites for hydroxylation is 1. The number of fused-ring (bicyclic) bond motifs is 1. The van der Waals surface area contributed by atoms with Gasteiger partial charge in [0.2, 0.25) is 0 Å². The summed E-state index contributed by atoms with van der Waals surface area (Å²) in [5.41, 5.74) is 0.689. The average Bonchev–Trinajstić information content (AvgIpc) is 2.83. The standard InChI is InChI=1S/C15H19N3O4S/c1-7(2)5-9(14(19)20)18-12-10-8(3)11(15(21)22-4)23-13(10)17-6-16-12/h6-7,9H,5H2,1-4H3,(H,19,20)(H,16,17,18). The zero-order valence-corrected chi connectivity index (χ0v) is 14.2. The molecule has 0 aliphatic heterocycles. The van der Waals surface area contributed by atoms with Crippen molar-refractivity contribution in [1.29, 1.82) is 0 Å². The highest BCUT2D eigenvalue weighted by atomic mass is 32.1. The Morgan fingerprint density at radius 2 is 2.09 bits per heavy atom. The molecule has 2 heterocycles. The van der Waals surface area contributed by atoms with Gasteiger partial charge in [-0.25, -0.2) is 19.6 Å². The van der Waals surface area contributed by atoms with Crippen LogP contribution < -0.4 is 5.32 Å².